The number of aryl methyl sites for hydroxylation is 1. The van der Waals surface area contributed by atoms with E-state index in [0.717, 1.165) is 0 Å². The van der Waals surface area contributed by atoms with E-state index in [-0.39, 0.29) is 34.2 Å². The Kier molecular flexibility index (Phi) is 4.79. The maximum absolute atomic E-state index is 14.4. The molecule has 0 unspecified atom stereocenters. The van der Waals surface area contributed by atoms with Gasteiger partial charge in [0, 0.05) is 13.5 Å². The Morgan fingerprint density at radius 1 is 1.38 bits per heavy atom. The largest absolute Gasteiger partial charge is 0.334 e. The number of nitrogens with one attached hydrogen (secondary N) is 1. The van der Waals surface area contributed by atoms with Gasteiger partial charge in [-0.15, -0.1) is 0 Å². The van der Waals surface area contributed by atoms with Crippen molar-refractivity contribution in [2.75, 3.05) is 0 Å². The first-order chi connectivity index (χ1) is 13.7. The number of amides is 1. The summed E-state index contributed by atoms with van der Waals surface area (Å²) in [6.07, 6.45) is 2.01. The van der Waals surface area contributed by atoms with E-state index < -0.39 is 17.1 Å². The van der Waals surface area contributed by atoms with Gasteiger partial charge in [0.15, 0.2) is 11.5 Å². The van der Waals surface area contributed by atoms with Crippen LogP contribution in [0.3, 0.4) is 0 Å². The van der Waals surface area contributed by atoms with Gasteiger partial charge in [-0.1, -0.05) is 17.7 Å². The highest BCUT2D eigenvalue weighted by atomic mass is 79.9. The van der Waals surface area contributed by atoms with Crippen LogP contribution in [0.2, 0.25) is 5.02 Å². The van der Waals surface area contributed by atoms with Gasteiger partial charge in [-0.3, -0.25) is 14.3 Å². The smallest absolute Gasteiger partial charge is 0.254 e. The van der Waals surface area contributed by atoms with Crippen molar-refractivity contribution in [1.82, 2.24) is 15.1 Å². The highest BCUT2D eigenvalue weighted by Gasteiger charge is 2.49. The van der Waals surface area contributed by atoms with Gasteiger partial charge in [0.2, 0.25) is 0 Å². The van der Waals surface area contributed by atoms with Crippen LogP contribution in [0.1, 0.15) is 57.8 Å². The average Bonchev–Trinajstić information content (AvgIpc) is 3.58. The number of nitriles is 1. The minimum absolute atomic E-state index is 0.00228. The van der Waals surface area contributed by atoms with Crippen molar-refractivity contribution in [3.8, 4) is 6.07 Å². The molecule has 6 nitrogen and oxygen atoms in total. The van der Waals surface area contributed by atoms with E-state index in [9.17, 15) is 14.0 Å². The summed E-state index contributed by atoms with van der Waals surface area (Å²) in [6.45, 7) is 0. The molecule has 0 radical (unpaired) electrons. The minimum atomic E-state index is -1.46. The highest BCUT2D eigenvalue weighted by molar-refractivity contribution is 9.10. The summed E-state index contributed by atoms with van der Waals surface area (Å²) in [6, 6.07) is 6.86. The second-order valence-electron chi connectivity index (χ2n) is 7.66. The third-order valence-electron chi connectivity index (χ3n) is 5.32. The van der Waals surface area contributed by atoms with Crippen molar-refractivity contribution in [3.05, 3.63) is 50.2 Å². The van der Waals surface area contributed by atoms with Gasteiger partial charge in [-0.25, -0.2) is 4.39 Å². The molecular weight excluding hydrogens is 463 g/mol. The van der Waals surface area contributed by atoms with Crippen LogP contribution in [0.25, 0.3) is 0 Å². The van der Waals surface area contributed by atoms with Gasteiger partial charge in [-0.05, 0) is 59.3 Å². The zero-order valence-corrected chi connectivity index (χ0v) is 17.9. The van der Waals surface area contributed by atoms with Gasteiger partial charge < -0.3 is 5.32 Å². The number of carbonyl (C=O) groups excluding carboxylic acids is 2. The van der Waals surface area contributed by atoms with Gasteiger partial charge in [0.25, 0.3) is 5.91 Å². The number of Topliss-reactive ketones (excluding diaryl/α,β-unsaturated/α-hetero) is 1. The molecule has 1 heterocycles. The van der Waals surface area contributed by atoms with Gasteiger partial charge in [-0.2, -0.15) is 10.4 Å². The van der Waals surface area contributed by atoms with Gasteiger partial charge >= 0.3 is 0 Å². The lowest BCUT2D eigenvalue weighted by molar-refractivity contribution is 0.0938. The zero-order chi connectivity index (χ0) is 21.0. The third-order valence-corrected chi connectivity index (χ3v) is 6.40. The first-order valence-corrected chi connectivity index (χ1v) is 10.3. The SMILES string of the molecule is Cn1nc(C2(F)CC2)c(Br)c1C(=O)Cc1ccc(Cl)c(C(=O)NC2(C#N)CC2)c1. The van der Waals surface area contributed by atoms with Crippen LogP contribution in [0.4, 0.5) is 4.39 Å². The fourth-order valence-electron chi connectivity index (χ4n) is 3.23. The summed E-state index contributed by atoms with van der Waals surface area (Å²) >= 11 is 9.49. The third kappa shape index (κ3) is 3.69. The highest BCUT2D eigenvalue weighted by Crippen LogP contribution is 2.51. The number of nitrogens with zero attached hydrogens (tertiary/aromatic N) is 3. The molecule has 150 valence electrons. The van der Waals surface area contributed by atoms with Crippen LogP contribution in [-0.4, -0.2) is 27.0 Å². The summed E-state index contributed by atoms with van der Waals surface area (Å²) < 4.78 is 16.2. The van der Waals surface area contributed by atoms with Crippen LogP contribution in [0, 0.1) is 11.3 Å². The van der Waals surface area contributed by atoms with Crippen LogP contribution in [-0.2, 0) is 19.1 Å². The summed E-state index contributed by atoms with van der Waals surface area (Å²) in [7, 11) is 1.60. The molecule has 4 rings (SSSR count). The summed E-state index contributed by atoms with van der Waals surface area (Å²) in [5.74, 6) is -0.702. The molecule has 2 aromatic rings. The number of halogens is 3. The number of benzene rings is 1. The van der Waals surface area contributed by atoms with Gasteiger partial charge in [0.05, 0.1) is 21.1 Å². The molecule has 2 saturated carbocycles. The second-order valence-corrected chi connectivity index (χ2v) is 8.86. The van der Waals surface area contributed by atoms with E-state index in [2.05, 4.69) is 32.4 Å². The molecule has 1 aromatic carbocycles. The molecule has 0 aliphatic heterocycles. The van der Waals surface area contributed by atoms with Crippen molar-refractivity contribution in [2.24, 2.45) is 7.05 Å². The van der Waals surface area contributed by atoms with E-state index in [4.69, 9.17) is 16.9 Å². The van der Waals surface area contributed by atoms with Gasteiger partial charge in [0.1, 0.15) is 16.9 Å². The Balaban J connectivity index is 1.56. The number of carbonyl (C=O) groups is 2. The fraction of sp³-hybridized carbons (Fsp3) is 0.400. The Hall–Kier alpha value is -2.24. The van der Waals surface area contributed by atoms with Crippen LogP contribution >= 0.6 is 27.5 Å². The zero-order valence-electron chi connectivity index (χ0n) is 15.6. The summed E-state index contributed by atoms with van der Waals surface area (Å²) in [4.78, 5) is 25.4. The molecular formula is C20H17BrClFN4O2. The number of aromatic nitrogens is 2. The maximum atomic E-state index is 14.4. The molecule has 0 saturated heterocycles. The molecule has 2 aliphatic carbocycles. The molecule has 0 bridgehead atoms. The lowest BCUT2D eigenvalue weighted by atomic mass is 10.0. The normalized spacial score (nSPS) is 18.0. The Morgan fingerprint density at radius 3 is 2.66 bits per heavy atom. The molecule has 2 aliphatic rings. The standard InChI is InChI=1S/C20H17BrClFN4O2/c1-27-16(15(21)17(26-27)20(23)6-7-20)14(28)9-11-2-3-13(22)12(8-11)18(29)25-19(10-24)4-5-19/h2-3,8H,4-7,9H2,1H3,(H,25,29). The molecule has 9 heteroatoms. The number of hydrogen-bond donors (Lipinski definition) is 1. The summed E-state index contributed by atoms with van der Waals surface area (Å²) in [5, 5.41) is 16.3. The van der Waals surface area contributed by atoms with E-state index in [1.807, 2.05) is 0 Å². The first-order valence-electron chi connectivity index (χ1n) is 9.15. The number of rotatable bonds is 6. The van der Waals surface area contributed by atoms with Crippen molar-refractivity contribution >= 4 is 39.2 Å². The first kappa shape index (κ1) is 20.0. The van der Waals surface area contributed by atoms with Crippen molar-refractivity contribution in [1.29, 1.82) is 5.26 Å². The van der Waals surface area contributed by atoms with Crippen LogP contribution in [0.15, 0.2) is 22.7 Å². The van der Waals surface area contributed by atoms with Crippen LogP contribution in [0.5, 0.6) is 0 Å². The minimum Gasteiger partial charge on any atom is -0.334 e. The van der Waals surface area contributed by atoms with Crippen molar-refractivity contribution in [3.63, 3.8) is 0 Å². The quantitative estimate of drug-likeness (QED) is 0.634. The maximum Gasteiger partial charge on any atom is 0.254 e. The van der Waals surface area contributed by atoms with Crippen molar-refractivity contribution < 1.29 is 14.0 Å². The monoisotopic (exact) mass is 478 g/mol. The molecule has 2 fully saturated rings. The van der Waals surface area contributed by atoms with Crippen molar-refractivity contribution in [2.45, 2.75) is 43.3 Å². The molecule has 1 aromatic heterocycles. The predicted molar refractivity (Wildman–Crippen MR) is 107 cm³/mol. The Bertz CT molecular complexity index is 1080. The fourth-order valence-corrected chi connectivity index (χ4v) is 4.35. The molecule has 0 atom stereocenters. The molecule has 1 amide bonds. The molecule has 1 N–H and O–H groups in total. The number of alkyl halides is 1. The number of hydrogen-bond acceptors (Lipinski definition) is 4. The van der Waals surface area contributed by atoms with E-state index in [0.29, 0.717) is 35.7 Å². The van der Waals surface area contributed by atoms with E-state index in [1.165, 1.54) is 4.68 Å². The van der Waals surface area contributed by atoms with E-state index >= 15 is 0 Å². The Morgan fingerprint density at radius 2 is 2.07 bits per heavy atom. The topological polar surface area (TPSA) is 87.8 Å². The Labute approximate surface area is 180 Å². The summed E-state index contributed by atoms with van der Waals surface area (Å²) in [5.41, 5.74) is -0.934. The molecule has 29 heavy (non-hydrogen) atoms. The second kappa shape index (κ2) is 6.92. The lowest BCUT2D eigenvalue weighted by Crippen LogP contribution is -2.35. The van der Waals surface area contributed by atoms with E-state index in [1.54, 1.807) is 25.2 Å². The number of ketones is 1. The average molecular weight is 480 g/mol. The predicted octanol–water partition coefficient (Wildman–Crippen LogP) is 4.01. The van der Waals surface area contributed by atoms with Crippen LogP contribution < -0.4 is 5.32 Å². The lowest BCUT2D eigenvalue weighted by Gasteiger charge is -2.11. The molecule has 0 spiro atoms.